The summed E-state index contributed by atoms with van der Waals surface area (Å²) in [6.45, 7) is 9.86. The van der Waals surface area contributed by atoms with Crippen molar-refractivity contribution in [3.05, 3.63) is 41.2 Å². The van der Waals surface area contributed by atoms with Gasteiger partial charge >= 0.3 is 0 Å². The zero-order valence-corrected chi connectivity index (χ0v) is 12.7. The second-order valence-corrected chi connectivity index (χ2v) is 3.47. The van der Waals surface area contributed by atoms with Crippen molar-refractivity contribution in [2.24, 2.45) is 0 Å². The lowest BCUT2D eigenvalue weighted by Gasteiger charge is -2.03. The zero-order chi connectivity index (χ0) is 14.8. The molecule has 0 aliphatic carbocycles. The summed E-state index contributed by atoms with van der Waals surface area (Å²) in [6.07, 6.45) is 3.96. The van der Waals surface area contributed by atoms with Gasteiger partial charge in [0.1, 0.15) is 17.7 Å². The third kappa shape index (κ3) is 4.91. The van der Waals surface area contributed by atoms with E-state index in [9.17, 15) is 4.39 Å². The maximum atomic E-state index is 13.3. The first-order valence-electron chi connectivity index (χ1n) is 6.26. The van der Waals surface area contributed by atoms with Crippen LogP contribution in [0.25, 0.3) is 11.4 Å². The van der Waals surface area contributed by atoms with Gasteiger partial charge in [0.25, 0.3) is 0 Å². The van der Waals surface area contributed by atoms with Gasteiger partial charge < -0.3 is 0 Å². The number of rotatable bonds is 1. The molecule has 0 unspecified atom stereocenters. The minimum absolute atomic E-state index is 0.120. The zero-order valence-electron chi connectivity index (χ0n) is 11.9. The molecular weight excluding hydrogens is 265 g/mol. The van der Waals surface area contributed by atoms with Gasteiger partial charge in [0, 0.05) is 6.20 Å². The lowest BCUT2D eigenvalue weighted by atomic mass is 10.2. The summed E-state index contributed by atoms with van der Waals surface area (Å²) in [4.78, 5) is 11.4. The Morgan fingerprint density at radius 1 is 1.00 bits per heavy atom. The topological polar surface area (TPSA) is 38.7 Å². The highest BCUT2D eigenvalue weighted by Gasteiger charge is 2.11. The van der Waals surface area contributed by atoms with Gasteiger partial charge in [-0.2, -0.15) is 0 Å². The Balaban J connectivity index is 0.000000741. The largest absolute Gasteiger partial charge is 0.253 e. The predicted molar refractivity (Wildman–Crippen MR) is 77.7 cm³/mol. The van der Waals surface area contributed by atoms with Crippen LogP contribution in [-0.2, 0) is 0 Å². The Labute approximate surface area is 118 Å². The first-order chi connectivity index (χ1) is 9.18. The second-order valence-electron chi connectivity index (χ2n) is 3.06. The van der Waals surface area contributed by atoms with Crippen LogP contribution in [0, 0.1) is 12.7 Å². The molecule has 2 rings (SSSR count). The molecule has 2 heterocycles. The Hall–Kier alpha value is -1.55. The Morgan fingerprint density at radius 2 is 1.63 bits per heavy atom. The van der Waals surface area contributed by atoms with Crippen LogP contribution in [-0.4, -0.2) is 15.0 Å². The van der Waals surface area contributed by atoms with Gasteiger partial charge in [0.15, 0.2) is 5.82 Å². The number of aryl methyl sites for hydroxylation is 1. The number of halogens is 2. The van der Waals surface area contributed by atoms with Gasteiger partial charge in [0.2, 0.25) is 0 Å². The summed E-state index contributed by atoms with van der Waals surface area (Å²) < 4.78 is 13.3. The minimum Gasteiger partial charge on any atom is -0.253 e. The van der Waals surface area contributed by atoms with Crippen LogP contribution in [0.3, 0.4) is 0 Å². The maximum absolute atomic E-state index is 13.3. The summed E-state index contributed by atoms with van der Waals surface area (Å²) in [5.74, 6) is -0.532. The van der Waals surface area contributed by atoms with Crippen molar-refractivity contribution in [3.8, 4) is 11.4 Å². The molecule has 0 atom stereocenters. The lowest BCUT2D eigenvalue weighted by molar-refractivity contribution is 0.617. The molecule has 0 N–H and O–H groups in total. The number of hydrogen-bond acceptors (Lipinski definition) is 3. The van der Waals surface area contributed by atoms with E-state index >= 15 is 0 Å². The number of hydrogen-bond donors (Lipinski definition) is 0. The van der Waals surface area contributed by atoms with E-state index < -0.39 is 5.82 Å². The molecule has 0 aliphatic heterocycles. The van der Waals surface area contributed by atoms with Crippen molar-refractivity contribution < 1.29 is 4.39 Å². The maximum Gasteiger partial charge on any atom is 0.169 e. The van der Waals surface area contributed by atoms with Gasteiger partial charge in [-0.1, -0.05) is 39.3 Å². The van der Waals surface area contributed by atoms with Gasteiger partial charge in [-0.3, -0.25) is 4.98 Å². The molecule has 0 saturated carbocycles. The van der Waals surface area contributed by atoms with Crippen LogP contribution in [0.5, 0.6) is 0 Å². The van der Waals surface area contributed by atoms with Crippen LogP contribution in [0.2, 0.25) is 5.02 Å². The monoisotopic (exact) mass is 283 g/mol. The molecule has 0 radical (unpaired) electrons. The molecule has 2 aromatic rings. The first kappa shape index (κ1) is 17.4. The van der Waals surface area contributed by atoms with E-state index in [-0.39, 0.29) is 5.69 Å². The molecule has 2 aromatic heterocycles. The van der Waals surface area contributed by atoms with Gasteiger partial charge in [0.05, 0.1) is 11.2 Å². The minimum atomic E-state index is -0.532. The molecule has 3 nitrogen and oxygen atoms in total. The lowest BCUT2D eigenvalue weighted by Crippen LogP contribution is -1.94. The van der Waals surface area contributed by atoms with Gasteiger partial charge in [-0.15, -0.1) is 0 Å². The highest BCUT2D eigenvalue weighted by atomic mass is 35.5. The quantitative estimate of drug-likeness (QED) is 0.762. The summed E-state index contributed by atoms with van der Waals surface area (Å²) >= 11 is 5.95. The Bertz CT molecular complexity index is 504. The van der Waals surface area contributed by atoms with Crippen molar-refractivity contribution in [3.63, 3.8) is 0 Å². The van der Waals surface area contributed by atoms with Crippen LogP contribution < -0.4 is 0 Å². The van der Waals surface area contributed by atoms with E-state index in [1.165, 1.54) is 6.33 Å². The van der Waals surface area contributed by atoms with Crippen molar-refractivity contribution in [1.29, 1.82) is 0 Å². The Morgan fingerprint density at radius 3 is 2.16 bits per heavy atom. The van der Waals surface area contributed by atoms with E-state index in [2.05, 4.69) is 15.0 Å². The first-order valence-corrected chi connectivity index (χ1v) is 6.64. The number of pyridine rings is 1. The predicted octanol–water partition coefficient (Wildman–Crippen LogP) is 4.69. The van der Waals surface area contributed by atoms with Crippen LogP contribution in [0.15, 0.2) is 24.8 Å². The third-order valence-electron chi connectivity index (χ3n) is 1.87. The number of aromatic nitrogens is 3. The summed E-state index contributed by atoms with van der Waals surface area (Å²) in [5, 5.41) is 0.382. The molecule has 5 heteroatoms. The molecule has 0 saturated heterocycles. The van der Waals surface area contributed by atoms with Crippen molar-refractivity contribution in [1.82, 2.24) is 15.0 Å². The van der Waals surface area contributed by atoms with E-state index in [1.807, 2.05) is 34.6 Å². The highest BCUT2D eigenvalue weighted by Crippen LogP contribution is 2.25. The van der Waals surface area contributed by atoms with E-state index in [1.54, 1.807) is 12.3 Å². The van der Waals surface area contributed by atoms with Gasteiger partial charge in [-0.05, 0) is 18.6 Å². The van der Waals surface area contributed by atoms with Crippen LogP contribution in [0.1, 0.15) is 33.3 Å². The second kappa shape index (κ2) is 9.39. The molecule has 0 bridgehead atoms. The molecule has 104 valence electrons. The molecule has 0 spiro atoms. The summed E-state index contributed by atoms with van der Waals surface area (Å²) in [5.41, 5.74) is 1.37. The summed E-state index contributed by atoms with van der Waals surface area (Å²) in [6, 6.07) is 1.71. The van der Waals surface area contributed by atoms with E-state index in [0.717, 1.165) is 11.8 Å². The Kier molecular flexibility index (Phi) is 8.62. The fourth-order valence-electron chi connectivity index (χ4n) is 1.19. The van der Waals surface area contributed by atoms with Crippen LogP contribution >= 0.6 is 11.6 Å². The SMILES string of the molecule is CC.CC.Cc1cnc(-c2ncncc2F)c(Cl)c1. The fourth-order valence-corrected chi connectivity index (χ4v) is 1.51. The molecule has 0 aliphatic rings. The molecular formula is C14H19ClFN3. The fraction of sp³-hybridized carbons (Fsp3) is 0.357. The third-order valence-corrected chi connectivity index (χ3v) is 2.16. The van der Waals surface area contributed by atoms with E-state index in [4.69, 9.17) is 11.6 Å². The smallest absolute Gasteiger partial charge is 0.169 e. The van der Waals surface area contributed by atoms with E-state index in [0.29, 0.717) is 10.7 Å². The van der Waals surface area contributed by atoms with Crippen molar-refractivity contribution >= 4 is 11.6 Å². The summed E-state index contributed by atoms with van der Waals surface area (Å²) in [7, 11) is 0. The molecule has 0 fully saturated rings. The molecule has 19 heavy (non-hydrogen) atoms. The standard InChI is InChI=1S/C10H7ClFN3.2C2H6/c1-6-2-7(11)9(14-3-6)10-8(12)4-13-5-15-10;2*1-2/h2-5H,1H3;2*1-2H3. The average Bonchev–Trinajstić information content (AvgIpc) is 2.45. The van der Waals surface area contributed by atoms with Crippen molar-refractivity contribution in [2.45, 2.75) is 34.6 Å². The molecule has 0 aromatic carbocycles. The number of nitrogens with zero attached hydrogens (tertiary/aromatic N) is 3. The molecule has 0 amide bonds. The van der Waals surface area contributed by atoms with Crippen molar-refractivity contribution in [2.75, 3.05) is 0 Å². The highest BCUT2D eigenvalue weighted by molar-refractivity contribution is 6.33. The average molecular weight is 284 g/mol. The van der Waals surface area contributed by atoms with Gasteiger partial charge in [-0.25, -0.2) is 14.4 Å². The van der Waals surface area contributed by atoms with Crippen LogP contribution in [0.4, 0.5) is 4.39 Å². The normalized spacial score (nSPS) is 8.79.